The second-order valence-corrected chi connectivity index (χ2v) is 3.91. The quantitative estimate of drug-likeness (QED) is 0.481. The zero-order chi connectivity index (χ0) is 14.6. The number of halogens is 3. The molecule has 0 saturated heterocycles. The number of rotatable bonds is 4. The Labute approximate surface area is 108 Å². The van der Waals surface area contributed by atoms with Gasteiger partial charge in [-0.15, -0.1) is 0 Å². The second kappa shape index (κ2) is 5.86. The van der Waals surface area contributed by atoms with Crippen LogP contribution in [0.4, 0.5) is 13.2 Å². The third-order valence-electron chi connectivity index (χ3n) is 2.53. The number of Topliss-reactive ketones (excluding diaryl/α,β-unsaturated/α-hetero) is 1. The van der Waals surface area contributed by atoms with Gasteiger partial charge in [0.2, 0.25) is 0 Å². The van der Waals surface area contributed by atoms with E-state index in [1.807, 2.05) is 0 Å². The summed E-state index contributed by atoms with van der Waals surface area (Å²) < 4.78 is 41.7. The average molecular weight is 274 g/mol. The molecule has 0 saturated carbocycles. The molecule has 1 atom stereocenters. The van der Waals surface area contributed by atoms with Gasteiger partial charge in [-0.3, -0.25) is 9.59 Å². The largest absolute Gasteiger partial charge is 0.465 e. The minimum atomic E-state index is -4.45. The molecule has 0 bridgehead atoms. The molecule has 0 aliphatic rings. The van der Waals surface area contributed by atoms with Crippen LogP contribution in [-0.4, -0.2) is 18.4 Å². The van der Waals surface area contributed by atoms with Crippen LogP contribution in [0.5, 0.6) is 0 Å². The summed E-state index contributed by atoms with van der Waals surface area (Å²) in [6, 6.07) is 3.73. The van der Waals surface area contributed by atoms with Gasteiger partial charge in [-0.05, 0) is 26.0 Å². The first-order valence-electron chi connectivity index (χ1n) is 5.65. The molecule has 0 fully saturated rings. The molecule has 1 rings (SSSR count). The molecule has 104 valence electrons. The number of hydrogen-bond donors (Lipinski definition) is 0. The standard InChI is InChI=1S/C13H13F3O3/c1-3-19-12(18)8(2)11(17)9-4-6-10(7-5-9)13(14,15)16/h4-8H,3H2,1-2H3. The molecule has 1 unspecified atom stereocenters. The highest BCUT2D eigenvalue weighted by molar-refractivity contribution is 6.08. The first kappa shape index (κ1) is 15.2. The van der Waals surface area contributed by atoms with Gasteiger partial charge >= 0.3 is 12.1 Å². The number of carbonyl (C=O) groups excluding carboxylic acids is 2. The lowest BCUT2D eigenvalue weighted by Gasteiger charge is -2.11. The maximum Gasteiger partial charge on any atom is 0.416 e. The van der Waals surface area contributed by atoms with Crippen LogP contribution in [0.1, 0.15) is 29.8 Å². The molecule has 0 radical (unpaired) electrons. The summed E-state index contributed by atoms with van der Waals surface area (Å²) in [7, 11) is 0. The zero-order valence-electron chi connectivity index (χ0n) is 10.5. The Kier molecular flexibility index (Phi) is 4.69. The van der Waals surface area contributed by atoms with Gasteiger partial charge in [0.15, 0.2) is 5.78 Å². The molecule has 0 amide bonds. The van der Waals surface area contributed by atoms with Gasteiger partial charge in [-0.25, -0.2) is 0 Å². The minimum absolute atomic E-state index is 0.0496. The maximum absolute atomic E-state index is 12.3. The van der Waals surface area contributed by atoms with Crippen LogP contribution < -0.4 is 0 Å². The van der Waals surface area contributed by atoms with Gasteiger partial charge in [-0.1, -0.05) is 12.1 Å². The van der Waals surface area contributed by atoms with Gasteiger partial charge in [0.05, 0.1) is 12.2 Å². The highest BCUT2D eigenvalue weighted by Gasteiger charge is 2.31. The Balaban J connectivity index is 2.87. The van der Waals surface area contributed by atoms with Crippen molar-refractivity contribution in [1.82, 2.24) is 0 Å². The van der Waals surface area contributed by atoms with Crippen LogP contribution in [0.3, 0.4) is 0 Å². The van der Waals surface area contributed by atoms with E-state index >= 15 is 0 Å². The van der Waals surface area contributed by atoms with E-state index in [1.165, 1.54) is 6.92 Å². The summed E-state index contributed by atoms with van der Waals surface area (Å²) in [5.74, 6) is -2.28. The van der Waals surface area contributed by atoms with Crippen molar-refractivity contribution >= 4 is 11.8 Å². The second-order valence-electron chi connectivity index (χ2n) is 3.91. The SMILES string of the molecule is CCOC(=O)C(C)C(=O)c1ccc(C(F)(F)F)cc1. The molecular formula is C13H13F3O3. The van der Waals surface area contributed by atoms with E-state index in [-0.39, 0.29) is 12.2 Å². The van der Waals surface area contributed by atoms with Gasteiger partial charge in [0, 0.05) is 5.56 Å². The van der Waals surface area contributed by atoms with Gasteiger partial charge in [0.25, 0.3) is 0 Å². The molecule has 0 heterocycles. The number of hydrogen-bond acceptors (Lipinski definition) is 3. The molecule has 1 aromatic carbocycles. The molecule has 0 aromatic heterocycles. The van der Waals surface area contributed by atoms with Crippen LogP contribution in [0, 0.1) is 5.92 Å². The van der Waals surface area contributed by atoms with Crippen LogP contribution in [0.15, 0.2) is 24.3 Å². The first-order chi connectivity index (χ1) is 8.77. The van der Waals surface area contributed by atoms with Crippen molar-refractivity contribution in [2.24, 2.45) is 5.92 Å². The summed E-state index contributed by atoms with van der Waals surface area (Å²) >= 11 is 0. The topological polar surface area (TPSA) is 43.4 Å². The first-order valence-corrected chi connectivity index (χ1v) is 5.65. The van der Waals surface area contributed by atoms with Crippen molar-refractivity contribution < 1.29 is 27.5 Å². The van der Waals surface area contributed by atoms with E-state index in [9.17, 15) is 22.8 Å². The minimum Gasteiger partial charge on any atom is -0.465 e. The Hall–Kier alpha value is -1.85. The predicted octanol–water partition coefficient (Wildman–Crippen LogP) is 3.09. The van der Waals surface area contributed by atoms with Crippen LogP contribution in [-0.2, 0) is 15.7 Å². The van der Waals surface area contributed by atoms with Crippen molar-refractivity contribution in [1.29, 1.82) is 0 Å². The van der Waals surface area contributed by atoms with E-state index in [1.54, 1.807) is 6.92 Å². The number of alkyl halides is 3. The van der Waals surface area contributed by atoms with E-state index in [2.05, 4.69) is 4.74 Å². The predicted molar refractivity (Wildman–Crippen MR) is 61.6 cm³/mol. The lowest BCUT2D eigenvalue weighted by Crippen LogP contribution is -2.23. The maximum atomic E-state index is 12.3. The normalized spacial score (nSPS) is 12.9. The summed E-state index contributed by atoms with van der Waals surface area (Å²) in [6.45, 7) is 3.11. The Morgan fingerprint density at radius 3 is 2.16 bits per heavy atom. The van der Waals surface area contributed by atoms with Gasteiger partial charge < -0.3 is 4.74 Å². The lowest BCUT2D eigenvalue weighted by atomic mass is 9.98. The third kappa shape index (κ3) is 3.81. The zero-order valence-corrected chi connectivity index (χ0v) is 10.5. The monoisotopic (exact) mass is 274 g/mol. The number of ketones is 1. The Morgan fingerprint density at radius 1 is 1.21 bits per heavy atom. The van der Waals surface area contributed by atoms with Crippen LogP contribution >= 0.6 is 0 Å². The third-order valence-corrected chi connectivity index (χ3v) is 2.53. The molecular weight excluding hydrogens is 261 g/mol. The van der Waals surface area contributed by atoms with E-state index in [4.69, 9.17) is 0 Å². The molecule has 3 nitrogen and oxygen atoms in total. The van der Waals surface area contributed by atoms with Crippen LogP contribution in [0.25, 0.3) is 0 Å². The summed E-state index contributed by atoms with van der Waals surface area (Å²) in [5, 5.41) is 0. The number of ether oxygens (including phenoxy) is 1. The van der Waals surface area contributed by atoms with E-state index in [0.29, 0.717) is 0 Å². The van der Waals surface area contributed by atoms with Gasteiger partial charge in [0.1, 0.15) is 5.92 Å². The summed E-state index contributed by atoms with van der Waals surface area (Å²) in [6.07, 6.45) is -4.45. The van der Waals surface area contributed by atoms with Crippen molar-refractivity contribution in [3.05, 3.63) is 35.4 Å². The molecule has 6 heteroatoms. The smallest absolute Gasteiger partial charge is 0.416 e. The highest BCUT2D eigenvalue weighted by atomic mass is 19.4. The van der Waals surface area contributed by atoms with Crippen molar-refractivity contribution in [3.8, 4) is 0 Å². The summed E-state index contributed by atoms with van der Waals surface area (Å²) in [5.41, 5.74) is -0.790. The fourth-order valence-corrected chi connectivity index (χ4v) is 1.45. The number of carbonyl (C=O) groups is 2. The highest BCUT2D eigenvalue weighted by Crippen LogP contribution is 2.29. The molecule has 0 spiro atoms. The Bertz CT molecular complexity index is 463. The van der Waals surface area contributed by atoms with Crippen molar-refractivity contribution in [2.45, 2.75) is 20.0 Å². The number of benzene rings is 1. The lowest BCUT2D eigenvalue weighted by molar-refractivity contribution is -0.145. The van der Waals surface area contributed by atoms with Crippen molar-refractivity contribution in [3.63, 3.8) is 0 Å². The van der Waals surface area contributed by atoms with Crippen molar-refractivity contribution in [2.75, 3.05) is 6.61 Å². The van der Waals surface area contributed by atoms with E-state index in [0.717, 1.165) is 24.3 Å². The molecule has 0 aliphatic heterocycles. The molecule has 0 aliphatic carbocycles. The van der Waals surface area contributed by atoms with Crippen LogP contribution in [0.2, 0.25) is 0 Å². The summed E-state index contributed by atoms with van der Waals surface area (Å²) in [4.78, 5) is 23.2. The fourth-order valence-electron chi connectivity index (χ4n) is 1.45. The number of esters is 1. The van der Waals surface area contributed by atoms with Gasteiger partial charge in [-0.2, -0.15) is 13.2 Å². The fraction of sp³-hybridized carbons (Fsp3) is 0.385. The Morgan fingerprint density at radius 2 is 1.74 bits per heavy atom. The van der Waals surface area contributed by atoms with E-state index < -0.39 is 29.4 Å². The average Bonchev–Trinajstić information content (AvgIpc) is 2.36. The molecule has 19 heavy (non-hydrogen) atoms. The molecule has 0 N–H and O–H groups in total. The molecule has 1 aromatic rings.